The molecule has 0 aliphatic carbocycles. The van der Waals surface area contributed by atoms with Crippen molar-refractivity contribution in [2.75, 3.05) is 19.8 Å². The molecule has 0 radical (unpaired) electrons. The highest BCUT2D eigenvalue weighted by atomic mass is 127. The van der Waals surface area contributed by atoms with Crippen LogP contribution in [0.4, 0.5) is 0 Å². The van der Waals surface area contributed by atoms with Crippen molar-refractivity contribution < 1.29 is 14.3 Å². The number of rotatable bonds is 11. The van der Waals surface area contributed by atoms with E-state index in [0.29, 0.717) is 42.2 Å². The summed E-state index contributed by atoms with van der Waals surface area (Å²) in [6.45, 7) is 11.9. The van der Waals surface area contributed by atoms with Gasteiger partial charge in [0.15, 0.2) is 5.96 Å². The lowest BCUT2D eigenvalue weighted by atomic mass is 10.2. The second-order valence-electron chi connectivity index (χ2n) is 6.92. The molecule has 0 fully saturated rings. The standard InChI is InChI=1S/C22H33N5O3S.HI/c1-6-9-13-30-19-17(11-10-12-24-19)14-25-22(23-7-2)27-16(5)20-26-15(4)18(31-20)21(28)29-8-3;/h10-12,16H,6-9,13-14H2,1-5H3,(H2,23,25,27);1H. The van der Waals surface area contributed by atoms with Gasteiger partial charge >= 0.3 is 5.97 Å². The summed E-state index contributed by atoms with van der Waals surface area (Å²) in [5, 5.41) is 7.42. The molecule has 1 unspecified atom stereocenters. The van der Waals surface area contributed by atoms with Crippen molar-refractivity contribution in [1.82, 2.24) is 20.6 Å². The van der Waals surface area contributed by atoms with Crippen LogP contribution in [0.3, 0.4) is 0 Å². The SMILES string of the molecule is CCCCOc1ncccc1CN=C(NCC)NC(C)c1nc(C)c(C(=O)OCC)s1.I. The number of nitrogens with one attached hydrogen (secondary N) is 2. The lowest BCUT2D eigenvalue weighted by Crippen LogP contribution is -2.38. The number of hydrogen-bond donors (Lipinski definition) is 2. The van der Waals surface area contributed by atoms with Gasteiger partial charge in [-0.2, -0.15) is 0 Å². The zero-order chi connectivity index (χ0) is 22.6. The van der Waals surface area contributed by atoms with Gasteiger partial charge < -0.3 is 20.1 Å². The third-order valence-electron chi connectivity index (χ3n) is 4.34. The number of unbranched alkanes of at least 4 members (excludes halogenated alkanes) is 1. The van der Waals surface area contributed by atoms with E-state index in [9.17, 15) is 4.79 Å². The Labute approximate surface area is 211 Å². The van der Waals surface area contributed by atoms with Gasteiger partial charge in [0.05, 0.1) is 31.5 Å². The molecular formula is C22H34IN5O3S. The maximum absolute atomic E-state index is 12.1. The van der Waals surface area contributed by atoms with Crippen LogP contribution in [-0.2, 0) is 11.3 Å². The number of ether oxygens (including phenoxy) is 2. The van der Waals surface area contributed by atoms with Crippen LogP contribution in [0.1, 0.15) is 72.5 Å². The van der Waals surface area contributed by atoms with Crippen LogP contribution < -0.4 is 15.4 Å². The van der Waals surface area contributed by atoms with E-state index in [4.69, 9.17) is 14.5 Å². The summed E-state index contributed by atoms with van der Waals surface area (Å²) in [6, 6.07) is 3.73. The fourth-order valence-corrected chi connectivity index (χ4v) is 3.69. The Morgan fingerprint density at radius 1 is 1.31 bits per heavy atom. The van der Waals surface area contributed by atoms with Crippen LogP contribution in [0.5, 0.6) is 5.88 Å². The van der Waals surface area contributed by atoms with Crippen molar-refractivity contribution in [3.8, 4) is 5.88 Å². The van der Waals surface area contributed by atoms with Crippen molar-refractivity contribution in [2.45, 2.75) is 60.0 Å². The van der Waals surface area contributed by atoms with Crippen LogP contribution in [0.15, 0.2) is 23.3 Å². The number of nitrogens with zero attached hydrogens (tertiary/aromatic N) is 3. The number of guanidine groups is 1. The number of aliphatic imine (C=N–C) groups is 1. The van der Waals surface area contributed by atoms with Crippen LogP contribution in [0, 0.1) is 6.92 Å². The Hall–Kier alpha value is -1.95. The predicted octanol–water partition coefficient (Wildman–Crippen LogP) is 4.64. The lowest BCUT2D eigenvalue weighted by Gasteiger charge is -2.16. The molecule has 2 aromatic heterocycles. The smallest absolute Gasteiger partial charge is 0.350 e. The van der Waals surface area contributed by atoms with E-state index in [1.807, 2.05) is 32.9 Å². The number of esters is 1. The number of aryl methyl sites for hydroxylation is 1. The van der Waals surface area contributed by atoms with Crippen molar-refractivity contribution >= 4 is 47.2 Å². The summed E-state index contributed by atoms with van der Waals surface area (Å²) >= 11 is 1.34. The van der Waals surface area contributed by atoms with Gasteiger partial charge in [-0.3, -0.25) is 0 Å². The molecule has 0 saturated carbocycles. The van der Waals surface area contributed by atoms with Crippen LogP contribution in [0.2, 0.25) is 0 Å². The van der Waals surface area contributed by atoms with Crippen LogP contribution >= 0.6 is 35.3 Å². The third kappa shape index (κ3) is 8.53. The molecule has 8 nitrogen and oxygen atoms in total. The van der Waals surface area contributed by atoms with Crippen LogP contribution in [-0.4, -0.2) is 41.7 Å². The topological polar surface area (TPSA) is 97.7 Å². The quantitative estimate of drug-likeness (QED) is 0.133. The summed E-state index contributed by atoms with van der Waals surface area (Å²) in [5.74, 6) is 0.950. The number of hydrogen-bond acceptors (Lipinski definition) is 7. The average Bonchev–Trinajstić information content (AvgIpc) is 3.15. The van der Waals surface area contributed by atoms with E-state index >= 15 is 0 Å². The van der Waals surface area contributed by atoms with E-state index in [-0.39, 0.29) is 36.0 Å². The molecule has 0 bridgehead atoms. The van der Waals surface area contributed by atoms with Gasteiger partial charge in [0.1, 0.15) is 9.88 Å². The van der Waals surface area contributed by atoms with E-state index in [1.54, 1.807) is 13.1 Å². The normalized spacial score (nSPS) is 12.0. The number of halogens is 1. The summed E-state index contributed by atoms with van der Waals surface area (Å²) in [5.41, 5.74) is 1.61. The second kappa shape index (κ2) is 15.0. The molecule has 1 atom stereocenters. The highest BCUT2D eigenvalue weighted by molar-refractivity contribution is 14.0. The summed E-state index contributed by atoms with van der Waals surface area (Å²) in [4.78, 5) is 26.2. The summed E-state index contributed by atoms with van der Waals surface area (Å²) < 4.78 is 10.9. The van der Waals surface area contributed by atoms with E-state index in [0.717, 1.165) is 30.0 Å². The molecule has 0 spiro atoms. The minimum Gasteiger partial charge on any atom is -0.477 e. The third-order valence-corrected chi connectivity index (χ3v) is 5.66. The first kappa shape index (κ1) is 28.1. The zero-order valence-corrected chi connectivity index (χ0v) is 22.6. The molecule has 178 valence electrons. The van der Waals surface area contributed by atoms with Crippen molar-refractivity contribution in [3.05, 3.63) is 39.5 Å². The Morgan fingerprint density at radius 3 is 2.78 bits per heavy atom. The van der Waals surface area contributed by atoms with Gasteiger partial charge in [-0.15, -0.1) is 35.3 Å². The molecule has 0 aliphatic heterocycles. The van der Waals surface area contributed by atoms with Gasteiger partial charge in [-0.05, 0) is 40.2 Å². The molecule has 0 aliphatic rings. The number of carbonyl (C=O) groups excluding carboxylic acids is 1. The van der Waals surface area contributed by atoms with Gasteiger partial charge in [-0.1, -0.05) is 19.4 Å². The average molecular weight is 576 g/mol. The van der Waals surface area contributed by atoms with Crippen molar-refractivity contribution in [3.63, 3.8) is 0 Å². The van der Waals surface area contributed by atoms with E-state index < -0.39 is 0 Å². The predicted molar refractivity (Wildman–Crippen MR) is 139 cm³/mol. The largest absolute Gasteiger partial charge is 0.477 e. The molecule has 32 heavy (non-hydrogen) atoms. The fraction of sp³-hybridized carbons (Fsp3) is 0.545. The molecule has 2 aromatic rings. The maximum atomic E-state index is 12.1. The highest BCUT2D eigenvalue weighted by Crippen LogP contribution is 2.24. The Bertz CT molecular complexity index is 875. The lowest BCUT2D eigenvalue weighted by molar-refractivity contribution is 0.0531. The molecule has 2 N–H and O–H groups in total. The molecule has 10 heteroatoms. The monoisotopic (exact) mass is 575 g/mol. The van der Waals surface area contributed by atoms with E-state index in [2.05, 4.69) is 27.5 Å². The Balaban J connectivity index is 0.00000512. The van der Waals surface area contributed by atoms with Crippen molar-refractivity contribution in [2.24, 2.45) is 4.99 Å². The first-order chi connectivity index (χ1) is 15.0. The molecular weight excluding hydrogens is 541 g/mol. The van der Waals surface area contributed by atoms with Crippen LogP contribution in [0.25, 0.3) is 0 Å². The van der Waals surface area contributed by atoms with E-state index in [1.165, 1.54) is 11.3 Å². The summed E-state index contributed by atoms with van der Waals surface area (Å²) in [6.07, 6.45) is 3.79. The minimum atomic E-state index is -0.330. The second-order valence-corrected chi connectivity index (χ2v) is 7.95. The number of carbonyl (C=O) groups is 1. The number of pyridine rings is 1. The highest BCUT2D eigenvalue weighted by Gasteiger charge is 2.20. The van der Waals surface area contributed by atoms with Gasteiger partial charge in [0, 0.05) is 18.3 Å². The molecule has 0 aromatic carbocycles. The number of aromatic nitrogens is 2. The first-order valence-corrected chi connectivity index (χ1v) is 11.6. The summed E-state index contributed by atoms with van der Waals surface area (Å²) in [7, 11) is 0. The van der Waals surface area contributed by atoms with Gasteiger partial charge in [0.25, 0.3) is 0 Å². The maximum Gasteiger partial charge on any atom is 0.350 e. The fourth-order valence-electron chi connectivity index (χ4n) is 2.73. The van der Waals surface area contributed by atoms with Gasteiger partial charge in [-0.25, -0.2) is 19.8 Å². The first-order valence-electron chi connectivity index (χ1n) is 10.8. The zero-order valence-electron chi connectivity index (χ0n) is 19.4. The molecule has 2 heterocycles. The van der Waals surface area contributed by atoms with Gasteiger partial charge in [0.2, 0.25) is 5.88 Å². The van der Waals surface area contributed by atoms with Crippen molar-refractivity contribution in [1.29, 1.82) is 0 Å². The molecule has 0 amide bonds. The Morgan fingerprint density at radius 2 is 2.09 bits per heavy atom. The minimum absolute atomic E-state index is 0. The molecule has 2 rings (SSSR count). The Kier molecular flexibility index (Phi) is 13.2. The molecule has 0 saturated heterocycles. The number of thiazole rings is 1.